The normalized spacial score (nSPS) is 10.0. The lowest BCUT2D eigenvalue weighted by Crippen LogP contribution is -2.14. The van der Waals surface area contributed by atoms with E-state index in [0.717, 1.165) is 0 Å². The van der Waals surface area contributed by atoms with E-state index < -0.39 is 0 Å². The number of aromatic nitrogens is 1. The molecule has 6 heteroatoms. The molecular formula is C20H15FN4O. The van der Waals surface area contributed by atoms with Gasteiger partial charge in [-0.1, -0.05) is 18.2 Å². The van der Waals surface area contributed by atoms with Crippen molar-refractivity contribution < 1.29 is 9.18 Å². The minimum Gasteiger partial charge on any atom is -0.381 e. The van der Waals surface area contributed by atoms with Gasteiger partial charge in [-0.25, -0.2) is 4.39 Å². The molecule has 2 aromatic carbocycles. The Bertz CT molecular complexity index is 964. The molecule has 0 aliphatic rings. The fraction of sp³-hybridized carbons (Fsp3) is 0.0500. The number of nitrogens with zero attached hydrogens (tertiary/aromatic N) is 2. The smallest absolute Gasteiger partial charge is 0.274 e. The average Bonchev–Trinajstić information content (AvgIpc) is 2.68. The van der Waals surface area contributed by atoms with Crippen molar-refractivity contribution in [3.05, 3.63) is 89.5 Å². The molecule has 0 spiro atoms. The Morgan fingerprint density at radius 1 is 1.08 bits per heavy atom. The number of nitrogens with one attached hydrogen (secondary N) is 2. The van der Waals surface area contributed by atoms with Crippen molar-refractivity contribution in [1.82, 2.24) is 4.98 Å². The maximum absolute atomic E-state index is 13.7. The molecule has 0 saturated heterocycles. The van der Waals surface area contributed by atoms with Crippen LogP contribution in [-0.4, -0.2) is 10.9 Å². The molecule has 5 nitrogen and oxygen atoms in total. The van der Waals surface area contributed by atoms with Gasteiger partial charge in [0, 0.05) is 29.7 Å². The van der Waals surface area contributed by atoms with Crippen molar-refractivity contribution in [2.45, 2.75) is 6.54 Å². The van der Waals surface area contributed by atoms with Crippen LogP contribution in [0.3, 0.4) is 0 Å². The Morgan fingerprint density at radius 3 is 2.58 bits per heavy atom. The summed E-state index contributed by atoms with van der Waals surface area (Å²) in [5.41, 5.74) is 2.51. The van der Waals surface area contributed by atoms with E-state index in [0.29, 0.717) is 29.0 Å². The molecule has 1 heterocycles. The summed E-state index contributed by atoms with van der Waals surface area (Å²) in [6.07, 6.45) is 1.51. The third-order valence-electron chi connectivity index (χ3n) is 3.71. The van der Waals surface area contributed by atoms with E-state index in [4.69, 9.17) is 5.26 Å². The third-order valence-corrected chi connectivity index (χ3v) is 3.71. The van der Waals surface area contributed by atoms with Crippen LogP contribution in [0.2, 0.25) is 0 Å². The predicted octanol–water partition coefficient (Wildman–Crippen LogP) is 3.96. The quantitative estimate of drug-likeness (QED) is 0.733. The highest BCUT2D eigenvalue weighted by atomic mass is 19.1. The molecule has 128 valence electrons. The molecule has 0 atom stereocenters. The highest BCUT2D eigenvalue weighted by molar-refractivity contribution is 6.03. The van der Waals surface area contributed by atoms with Crippen LogP contribution in [0.5, 0.6) is 0 Å². The minimum atomic E-state index is -0.371. The second-order valence-corrected chi connectivity index (χ2v) is 5.52. The number of amides is 1. The van der Waals surface area contributed by atoms with Gasteiger partial charge in [0.05, 0.1) is 11.6 Å². The molecule has 0 saturated carbocycles. The molecule has 3 rings (SSSR count). The number of anilines is 2. The topological polar surface area (TPSA) is 77.8 Å². The lowest BCUT2D eigenvalue weighted by Gasteiger charge is -2.09. The summed E-state index contributed by atoms with van der Waals surface area (Å²) in [4.78, 5) is 16.4. The summed E-state index contributed by atoms with van der Waals surface area (Å²) in [5.74, 6) is -0.655. The summed E-state index contributed by atoms with van der Waals surface area (Å²) in [6.45, 7) is 0.299. The number of carbonyl (C=O) groups excluding carboxylic acids is 1. The summed E-state index contributed by atoms with van der Waals surface area (Å²) < 4.78 is 13.7. The number of nitriles is 1. The second kappa shape index (κ2) is 7.90. The molecule has 0 bridgehead atoms. The molecule has 0 fully saturated rings. The molecule has 1 amide bonds. The van der Waals surface area contributed by atoms with E-state index in [-0.39, 0.29) is 17.4 Å². The highest BCUT2D eigenvalue weighted by Crippen LogP contribution is 2.14. The Kier molecular flexibility index (Phi) is 5.20. The van der Waals surface area contributed by atoms with E-state index >= 15 is 0 Å². The highest BCUT2D eigenvalue weighted by Gasteiger charge is 2.09. The van der Waals surface area contributed by atoms with Crippen LogP contribution >= 0.6 is 0 Å². The molecule has 0 radical (unpaired) electrons. The van der Waals surface area contributed by atoms with Gasteiger partial charge in [-0.05, 0) is 42.5 Å². The van der Waals surface area contributed by atoms with Gasteiger partial charge in [-0.3, -0.25) is 9.78 Å². The molecule has 26 heavy (non-hydrogen) atoms. The number of rotatable bonds is 5. The van der Waals surface area contributed by atoms with E-state index in [1.54, 1.807) is 54.6 Å². The van der Waals surface area contributed by atoms with Crippen molar-refractivity contribution in [3.8, 4) is 6.07 Å². The summed E-state index contributed by atoms with van der Waals surface area (Å²) >= 11 is 0. The Labute approximate surface area is 150 Å². The third kappa shape index (κ3) is 4.22. The zero-order valence-electron chi connectivity index (χ0n) is 13.7. The predicted molar refractivity (Wildman–Crippen MR) is 97.1 cm³/mol. The Balaban J connectivity index is 1.67. The van der Waals surface area contributed by atoms with Gasteiger partial charge in [0.15, 0.2) is 0 Å². The van der Waals surface area contributed by atoms with Crippen LogP contribution in [0, 0.1) is 17.1 Å². The number of hydrogen-bond donors (Lipinski definition) is 2. The van der Waals surface area contributed by atoms with E-state index in [1.807, 2.05) is 6.07 Å². The van der Waals surface area contributed by atoms with Gasteiger partial charge >= 0.3 is 0 Å². The lowest BCUT2D eigenvalue weighted by atomic mass is 10.2. The number of pyridine rings is 1. The number of halogens is 1. The molecule has 0 unspecified atom stereocenters. The summed E-state index contributed by atoms with van der Waals surface area (Å²) in [6, 6.07) is 18.4. The van der Waals surface area contributed by atoms with E-state index in [2.05, 4.69) is 15.6 Å². The molecule has 3 aromatic rings. The van der Waals surface area contributed by atoms with Gasteiger partial charge in [0.1, 0.15) is 11.5 Å². The molecule has 0 aliphatic carbocycles. The Hall–Kier alpha value is -3.72. The lowest BCUT2D eigenvalue weighted by molar-refractivity contribution is 0.102. The average molecular weight is 346 g/mol. The zero-order chi connectivity index (χ0) is 18.4. The second-order valence-electron chi connectivity index (χ2n) is 5.52. The molecule has 2 N–H and O–H groups in total. The van der Waals surface area contributed by atoms with Crippen molar-refractivity contribution in [1.29, 1.82) is 5.26 Å². The zero-order valence-corrected chi connectivity index (χ0v) is 13.7. The van der Waals surface area contributed by atoms with Gasteiger partial charge in [0.25, 0.3) is 5.91 Å². The monoisotopic (exact) mass is 346 g/mol. The van der Waals surface area contributed by atoms with Gasteiger partial charge in [0.2, 0.25) is 0 Å². The molecule has 1 aromatic heterocycles. The first-order valence-electron chi connectivity index (χ1n) is 7.90. The van der Waals surface area contributed by atoms with Crippen LogP contribution in [0.15, 0.2) is 66.9 Å². The Morgan fingerprint density at radius 2 is 1.85 bits per heavy atom. The van der Waals surface area contributed by atoms with Crippen LogP contribution in [0.25, 0.3) is 0 Å². The SMILES string of the molecule is N#Cc1ccc(NC(=O)c2cc(NCc3ccccc3F)ccn2)cc1. The summed E-state index contributed by atoms with van der Waals surface area (Å²) in [7, 11) is 0. The fourth-order valence-electron chi connectivity index (χ4n) is 2.33. The van der Waals surface area contributed by atoms with Crippen molar-refractivity contribution in [3.63, 3.8) is 0 Å². The number of carbonyl (C=O) groups is 1. The van der Waals surface area contributed by atoms with Gasteiger partial charge in [-0.2, -0.15) is 5.26 Å². The first-order chi connectivity index (χ1) is 12.7. The van der Waals surface area contributed by atoms with Gasteiger partial charge < -0.3 is 10.6 Å². The van der Waals surface area contributed by atoms with E-state index in [9.17, 15) is 9.18 Å². The summed E-state index contributed by atoms with van der Waals surface area (Å²) in [5, 5.41) is 14.6. The number of hydrogen-bond acceptors (Lipinski definition) is 4. The number of benzene rings is 2. The molecule has 0 aliphatic heterocycles. The van der Waals surface area contributed by atoms with Crippen molar-refractivity contribution in [2.24, 2.45) is 0 Å². The van der Waals surface area contributed by atoms with Crippen molar-refractivity contribution in [2.75, 3.05) is 10.6 Å². The maximum atomic E-state index is 13.7. The fourth-order valence-corrected chi connectivity index (χ4v) is 2.33. The standard InChI is InChI=1S/C20H15FN4O/c21-18-4-2-1-3-15(18)13-24-17-9-10-23-19(11-17)20(26)25-16-7-5-14(12-22)6-8-16/h1-11H,13H2,(H,23,24)(H,25,26). The van der Waals surface area contributed by atoms with Crippen LogP contribution in [-0.2, 0) is 6.54 Å². The van der Waals surface area contributed by atoms with Crippen LogP contribution < -0.4 is 10.6 Å². The maximum Gasteiger partial charge on any atom is 0.274 e. The first kappa shape index (κ1) is 17.1. The first-order valence-corrected chi connectivity index (χ1v) is 7.90. The molecular weight excluding hydrogens is 331 g/mol. The van der Waals surface area contributed by atoms with Crippen LogP contribution in [0.4, 0.5) is 15.8 Å². The minimum absolute atomic E-state index is 0.230. The van der Waals surface area contributed by atoms with Crippen molar-refractivity contribution >= 4 is 17.3 Å². The van der Waals surface area contributed by atoms with Gasteiger partial charge in [-0.15, -0.1) is 0 Å². The largest absolute Gasteiger partial charge is 0.381 e. The van der Waals surface area contributed by atoms with Crippen LogP contribution in [0.1, 0.15) is 21.6 Å². The van der Waals surface area contributed by atoms with E-state index in [1.165, 1.54) is 12.3 Å².